The largest absolute Gasteiger partial charge is 0.416 e. The first kappa shape index (κ1) is 18.5. The molecule has 2 aromatic rings. The summed E-state index contributed by atoms with van der Waals surface area (Å²) in [5.41, 5.74) is 0.566. The van der Waals surface area contributed by atoms with Crippen LogP contribution in [0.1, 0.15) is 24.1 Å². The predicted octanol–water partition coefficient (Wildman–Crippen LogP) is 2.77. The van der Waals surface area contributed by atoms with E-state index in [1.165, 1.54) is 6.20 Å². The number of halogens is 3. The number of carbonyl (C=O) groups excluding carboxylic acids is 1. The van der Waals surface area contributed by atoms with Crippen molar-refractivity contribution in [2.24, 2.45) is 0 Å². The van der Waals surface area contributed by atoms with Crippen molar-refractivity contribution >= 4 is 17.7 Å². The fourth-order valence-corrected chi connectivity index (χ4v) is 3.52. The minimum Gasteiger partial charge on any atom is -0.354 e. The van der Waals surface area contributed by atoms with Crippen LogP contribution in [-0.2, 0) is 6.18 Å². The summed E-state index contributed by atoms with van der Waals surface area (Å²) in [6.07, 6.45) is -3.04. The number of piperazine rings is 1. The molecule has 7 nitrogen and oxygen atoms in total. The molecule has 148 valence electrons. The third-order valence-corrected chi connectivity index (χ3v) is 4.86. The summed E-state index contributed by atoms with van der Waals surface area (Å²) in [5.74, 6) is 0.619. The minimum absolute atomic E-state index is 0.201. The molecule has 4 heterocycles. The van der Waals surface area contributed by atoms with Crippen molar-refractivity contribution < 1.29 is 18.0 Å². The third-order valence-electron chi connectivity index (χ3n) is 4.86. The topological polar surface area (TPSA) is 82.2 Å². The summed E-state index contributed by atoms with van der Waals surface area (Å²) in [6, 6.07) is 2.95. The van der Waals surface area contributed by atoms with Gasteiger partial charge in [0.2, 0.25) is 0 Å². The van der Waals surface area contributed by atoms with Gasteiger partial charge in [-0.05, 0) is 25.1 Å². The van der Waals surface area contributed by atoms with Crippen LogP contribution < -0.4 is 20.9 Å². The van der Waals surface area contributed by atoms with Crippen molar-refractivity contribution in [3.8, 4) is 11.3 Å². The van der Waals surface area contributed by atoms with Crippen LogP contribution in [0.3, 0.4) is 0 Å². The van der Waals surface area contributed by atoms with Gasteiger partial charge in [0.05, 0.1) is 17.3 Å². The number of rotatable bonds is 2. The molecule has 0 bridgehead atoms. The normalized spacial score (nSPS) is 19.6. The van der Waals surface area contributed by atoms with Crippen LogP contribution in [0.25, 0.3) is 11.3 Å². The molecule has 1 saturated heterocycles. The molecule has 1 unspecified atom stereocenters. The van der Waals surface area contributed by atoms with Crippen LogP contribution in [0.15, 0.2) is 24.4 Å². The zero-order valence-corrected chi connectivity index (χ0v) is 15.1. The van der Waals surface area contributed by atoms with Crippen molar-refractivity contribution in [3.63, 3.8) is 0 Å². The molecule has 0 spiro atoms. The molecular weight excluding hydrogens is 373 g/mol. The number of hydrogen-bond donors (Lipinski definition) is 3. The Kier molecular flexibility index (Phi) is 4.58. The molecule has 0 saturated carbocycles. The number of aromatic nitrogens is 2. The van der Waals surface area contributed by atoms with Gasteiger partial charge in [-0.25, -0.2) is 14.8 Å². The van der Waals surface area contributed by atoms with Gasteiger partial charge in [0.25, 0.3) is 0 Å². The first-order valence-electron chi connectivity index (χ1n) is 8.94. The summed E-state index contributed by atoms with van der Waals surface area (Å²) in [4.78, 5) is 22.2. The monoisotopic (exact) mass is 392 g/mol. The van der Waals surface area contributed by atoms with Gasteiger partial charge in [-0.3, -0.25) is 5.32 Å². The number of hydrogen-bond acceptors (Lipinski definition) is 5. The highest BCUT2D eigenvalue weighted by Gasteiger charge is 2.33. The van der Waals surface area contributed by atoms with Crippen LogP contribution in [0, 0.1) is 0 Å². The van der Waals surface area contributed by atoms with E-state index in [1.807, 2.05) is 4.90 Å². The molecule has 10 heteroatoms. The van der Waals surface area contributed by atoms with E-state index in [0.717, 1.165) is 12.1 Å². The molecule has 2 aromatic heterocycles. The summed E-state index contributed by atoms with van der Waals surface area (Å²) < 4.78 is 40.7. The van der Waals surface area contributed by atoms with Gasteiger partial charge in [0, 0.05) is 43.5 Å². The Morgan fingerprint density at radius 1 is 1.21 bits per heavy atom. The number of amides is 2. The van der Waals surface area contributed by atoms with Crippen molar-refractivity contribution in [2.45, 2.75) is 19.1 Å². The molecule has 0 radical (unpaired) electrons. The van der Waals surface area contributed by atoms with Crippen molar-refractivity contribution in [1.29, 1.82) is 0 Å². The minimum atomic E-state index is -4.49. The maximum atomic E-state index is 13.6. The summed E-state index contributed by atoms with van der Waals surface area (Å²) in [5, 5.41) is 8.48. The molecule has 2 aliphatic rings. The van der Waals surface area contributed by atoms with E-state index in [1.54, 1.807) is 13.0 Å². The number of alkyl halides is 3. The van der Waals surface area contributed by atoms with Crippen LogP contribution in [0.4, 0.5) is 29.6 Å². The van der Waals surface area contributed by atoms with Crippen molar-refractivity contribution in [1.82, 2.24) is 20.6 Å². The molecule has 3 N–H and O–H groups in total. The highest BCUT2D eigenvalue weighted by Crippen LogP contribution is 2.38. The molecule has 0 aromatic carbocycles. The average Bonchev–Trinajstić information content (AvgIpc) is 2.67. The first-order chi connectivity index (χ1) is 13.3. The summed E-state index contributed by atoms with van der Waals surface area (Å²) >= 11 is 0. The van der Waals surface area contributed by atoms with Crippen LogP contribution in [0.2, 0.25) is 0 Å². The van der Waals surface area contributed by atoms with Gasteiger partial charge in [0.1, 0.15) is 11.6 Å². The fraction of sp³-hybridized carbons (Fsp3) is 0.389. The lowest BCUT2D eigenvalue weighted by molar-refractivity contribution is -0.137. The first-order valence-corrected chi connectivity index (χ1v) is 8.94. The van der Waals surface area contributed by atoms with E-state index in [2.05, 4.69) is 25.9 Å². The number of nitrogens with one attached hydrogen (secondary N) is 3. The van der Waals surface area contributed by atoms with E-state index >= 15 is 0 Å². The van der Waals surface area contributed by atoms with Gasteiger partial charge in [-0.15, -0.1) is 0 Å². The molecular formula is C18H19F3N6O. The quantitative estimate of drug-likeness (QED) is 0.732. The number of carbonyl (C=O) groups is 1. The highest BCUT2D eigenvalue weighted by atomic mass is 19.4. The van der Waals surface area contributed by atoms with Crippen LogP contribution in [-0.4, -0.2) is 42.2 Å². The lowest BCUT2D eigenvalue weighted by atomic mass is 9.97. The van der Waals surface area contributed by atoms with Crippen molar-refractivity contribution in [2.75, 3.05) is 36.4 Å². The molecule has 1 fully saturated rings. The second-order valence-corrected chi connectivity index (χ2v) is 6.78. The Bertz CT molecular complexity index is 911. The third kappa shape index (κ3) is 3.47. The number of anilines is 2. The smallest absolute Gasteiger partial charge is 0.354 e. The molecule has 0 aliphatic carbocycles. The van der Waals surface area contributed by atoms with Crippen LogP contribution >= 0.6 is 0 Å². The molecule has 2 amide bonds. The Morgan fingerprint density at radius 2 is 1.96 bits per heavy atom. The lowest BCUT2D eigenvalue weighted by Crippen LogP contribution is -2.44. The molecule has 28 heavy (non-hydrogen) atoms. The number of urea groups is 1. The summed E-state index contributed by atoms with van der Waals surface area (Å²) in [7, 11) is 0. The lowest BCUT2D eigenvalue weighted by Gasteiger charge is -2.30. The molecule has 1 atom stereocenters. The van der Waals surface area contributed by atoms with Gasteiger partial charge in [-0.2, -0.15) is 13.2 Å². The van der Waals surface area contributed by atoms with Gasteiger partial charge in [0.15, 0.2) is 0 Å². The Labute approximate surface area is 159 Å². The highest BCUT2D eigenvalue weighted by molar-refractivity contribution is 5.93. The van der Waals surface area contributed by atoms with E-state index in [9.17, 15) is 18.0 Å². The average molecular weight is 392 g/mol. The Hall–Kier alpha value is -2.88. The van der Waals surface area contributed by atoms with E-state index < -0.39 is 23.8 Å². The summed E-state index contributed by atoms with van der Waals surface area (Å²) in [6.45, 7) is 4.29. The van der Waals surface area contributed by atoms with Crippen molar-refractivity contribution in [3.05, 3.63) is 35.5 Å². The Morgan fingerprint density at radius 3 is 2.68 bits per heavy atom. The standard InChI is InChI=1S/C18H19F3N6O/c1-10-15-12(2-3-23-16(15)26-17(28)24-10)13-8-11(18(19,20)21)9-14(25-13)27-6-4-22-5-7-27/h2-3,8-10,22H,4-7H2,1H3,(H2,23,24,26,28). The maximum Gasteiger partial charge on any atom is 0.416 e. The molecule has 2 aliphatic heterocycles. The molecule has 4 rings (SSSR count). The van der Waals surface area contributed by atoms with Gasteiger partial charge >= 0.3 is 12.2 Å². The SMILES string of the molecule is CC1NC(=O)Nc2nccc(-c3cc(C(F)(F)F)cc(N4CCNCC4)n3)c21. The van der Waals surface area contributed by atoms with Gasteiger partial charge < -0.3 is 15.5 Å². The second-order valence-electron chi connectivity index (χ2n) is 6.78. The number of fused-ring (bicyclic) bond motifs is 1. The predicted molar refractivity (Wildman–Crippen MR) is 98.1 cm³/mol. The second kappa shape index (κ2) is 6.93. The fourth-order valence-electron chi connectivity index (χ4n) is 3.52. The van der Waals surface area contributed by atoms with E-state index in [0.29, 0.717) is 43.1 Å². The van der Waals surface area contributed by atoms with Crippen LogP contribution in [0.5, 0.6) is 0 Å². The zero-order valence-electron chi connectivity index (χ0n) is 15.1. The number of pyridine rings is 2. The van der Waals surface area contributed by atoms with Gasteiger partial charge in [-0.1, -0.05) is 0 Å². The van der Waals surface area contributed by atoms with E-state index in [4.69, 9.17) is 0 Å². The maximum absolute atomic E-state index is 13.6. The Balaban J connectivity index is 1.86. The van der Waals surface area contributed by atoms with E-state index in [-0.39, 0.29) is 11.5 Å². The number of nitrogens with zero attached hydrogens (tertiary/aromatic N) is 3. The zero-order chi connectivity index (χ0) is 19.9.